The van der Waals surface area contributed by atoms with E-state index in [4.69, 9.17) is 9.47 Å². The zero-order valence-electron chi connectivity index (χ0n) is 30.6. The zero-order valence-corrected chi connectivity index (χ0v) is 31.4. The van der Waals surface area contributed by atoms with Gasteiger partial charge in [0.1, 0.15) is 29.3 Å². The Kier molecular flexibility index (Phi) is 16.0. The summed E-state index contributed by atoms with van der Waals surface area (Å²) in [6.07, 6.45) is 4.19. The first-order valence-electron chi connectivity index (χ1n) is 16.9. The van der Waals surface area contributed by atoms with E-state index in [9.17, 15) is 19.2 Å². The van der Waals surface area contributed by atoms with Crippen LogP contribution in [0.1, 0.15) is 102 Å². The number of esters is 1. The average Bonchev–Trinajstić information content (AvgIpc) is 2.98. The van der Waals surface area contributed by atoms with Gasteiger partial charge in [-0.25, -0.2) is 9.59 Å². The highest BCUT2D eigenvalue weighted by molar-refractivity contribution is 7.98. The van der Waals surface area contributed by atoms with E-state index >= 15 is 0 Å². The molecule has 0 bridgehead atoms. The third kappa shape index (κ3) is 13.5. The second-order valence-electron chi connectivity index (χ2n) is 14.2. The number of thioether (sulfide) groups is 1. The summed E-state index contributed by atoms with van der Waals surface area (Å²) in [4.78, 5) is 57.4. The molecule has 9 nitrogen and oxygen atoms in total. The van der Waals surface area contributed by atoms with Crippen LogP contribution in [0.5, 0.6) is 0 Å². The monoisotopic (exact) mass is 683 g/mol. The number of ether oxygens (including phenoxy) is 2. The molecule has 2 aromatic carbocycles. The van der Waals surface area contributed by atoms with Crippen molar-refractivity contribution in [2.45, 2.75) is 124 Å². The number of nitrogens with one attached hydrogen (secondary N) is 2. The Labute approximate surface area is 292 Å². The van der Waals surface area contributed by atoms with Crippen molar-refractivity contribution in [1.82, 2.24) is 15.5 Å². The number of alkyl carbamates (subject to hydrolysis) is 1. The maximum atomic E-state index is 14.7. The van der Waals surface area contributed by atoms with Gasteiger partial charge in [-0.3, -0.25) is 9.59 Å². The standard InChI is InChI=1S/C38H57N3O6S/c1-11-12-16-23-41(34(43)30(22-24-48-10)40-36(45)47-38(7,8)9)32(29-21-17-18-26(2)27(29)3)33(42)39-31(35(44)46-37(4,5)6)25-28-19-14-13-15-20-28/h13-15,17-21,30-32H,11-12,16,22-25H2,1-10H3,(H,39,42)(H,40,45). The van der Waals surface area contributed by atoms with E-state index in [0.29, 0.717) is 24.2 Å². The molecule has 266 valence electrons. The van der Waals surface area contributed by atoms with Gasteiger partial charge in [-0.15, -0.1) is 0 Å². The Morgan fingerprint density at radius 1 is 0.833 bits per heavy atom. The van der Waals surface area contributed by atoms with E-state index < -0.39 is 47.3 Å². The number of rotatable bonds is 16. The third-order valence-corrected chi connectivity index (χ3v) is 8.32. The molecule has 0 aliphatic heterocycles. The second-order valence-corrected chi connectivity index (χ2v) is 15.2. The lowest BCUT2D eigenvalue weighted by molar-refractivity contribution is -0.159. The summed E-state index contributed by atoms with van der Waals surface area (Å²) < 4.78 is 11.3. The van der Waals surface area contributed by atoms with E-state index in [2.05, 4.69) is 17.6 Å². The lowest BCUT2D eigenvalue weighted by atomic mass is 9.94. The van der Waals surface area contributed by atoms with Crippen molar-refractivity contribution < 1.29 is 28.7 Å². The van der Waals surface area contributed by atoms with Crippen molar-refractivity contribution in [3.63, 3.8) is 0 Å². The first kappa shape index (κ1) is 40.6. The van der Waals surface area contributed by atoms with E-state index in [1.807, 2.05) is 68.6 Å². The Morgan fingerprint density at radius 3 is 2.06 bits per heavy atom. The molecule has 0 heterocycles. The van der Waals surface area contributed by atoms with Crippen molar-refractivity contribution in [2.24, 2.45) is 0 Å². The molecule has 0 saturated heterocycles. The van der Waals surface area contributed by atoms with Crippen LogP contribution in [-0.4, -0.2) is 70.6 Å². The highest BCUT2D eigenvalue weighted by Crippen LogP contribution is 2.29. The minimum Gasteiger partial charge on any atom is -0.458 e. The SMILES string of the molecule is CCCCCN(C(=O)C(CCSC)NC(=O)OC(C)(C)C)C(C(=O)NC(Cc1ccccc1)C(=O)OC(C)(C)C)c1cccc(C)c1C. The molecule has 0 aliphatic rings. The van der Waals surface area contributed by atoms with Gasteiger partial charge in [0.2, 0.25) is 11.8 Å². The number of unbranched alkanes of at least 4 members (excludes halogenated alkanes) is 2. The number of carbonyl (C=O) groups excluding carboxylic acids is 4. The Balaban J connectivity index is 2.67. The van der Waals surface area contributed by atoms with Crippen molar-refractivity contribution in [1.29, 1.82) is 0 Å². The molecule has 3 unspecified atom stereocenters. The van der Waals surface area contributed by atoms with Gasteiger partial charge in [-0.2, -0.15) is 11.8 Å². The zero-order chi connectivity index (χ0) is 36.1. The van der Waals surface area contributed by atoms with Gasteiger partial charge in [0.15, 0.2) is 0 Å². The highest BCUT2D eigenvalue weighted by atomic mass is 32.2. The lowest BCUT2D eigenvalue weighted by Gasteiger charge is -2.36. The summed E-state index contributed by atoms with van der Waals surface area (Å²) in [5.74, 6) is -0.842. The minimum atomic E-state index is -1.08. The Bertz CT molecular complexity index is 1350. The first-order chi connectivity index (χ1) is 22.5. The summed E-state index contributed by atoms with van der Waals surface area (Å²) in [6.45, 7) is 16.9. The van der Waals surface area contributed by atoms with Crippen molar-refractivity contribution in [3.8, 4) is 0 Å². The molecule has 3 atom stereocenters. The average molecular weight is 684 g/mol. The van der Waals surface area contributed by atoms with Crippen LogP contribution in [0.4, 0.5) is 4.79 Å². The third-order valence-electron chi connectivity index (χ3n) is 7.68. The predicted octanol–water partition coefficient (Wildman–Crippen LogP) is 7.08. The molecule has 0 saturated carbocycles. The molecular formula is C38H57N3O6S. The molecule has 10 heteroatoms. The summed E-state index contributed by atoms with van der Waals surface area (Å²) >= 11 is 1.56. The molecule has 3 amide bonds. The van der Waals surface area contributed by atoms with Crippen molar-refractivity contribution in [2.75, 3.05) is 18.6 Å². The molecule has 0 fully saturated rings. The maximum absolute atomic E-state index is 14.7. The molecule has 48 heavy (non-hydrogen) atoms. The minimum absolute atomic E-state index is 0.210. The molecular weight excluding hydrogens is 627 g/mol. The molecule has 0 aliphatic carbocycles. The van der Waals surface area contributed by atoms with Crippen LogP contribution in [0.3, 0.4) is 0 Å². The molecule has 2 rings (SSSR count). The van der Waals surface area contributed by atoms with E-state index in [1.165, 1.54) is 0 Å². The normalized spacial score (nSPS) is 13.5. The van der Waals surface area contributed by atoms with E-state index in [0.717, 1.165) is 29.5 Å². The number of benzene rings is 2. The molecule has 0 aromatic heterocycles. The van der Waals surface area contributed by atoms with E-state index in [-0.39, 0.29) is 18.9 Å². The van der Waals surface area contributed by atoms with Crippen LogP contribution >= 0.6 is 11.8 Å². The van der Waals surface area contributed by atoms with Crippen molar-refractivity contribution >= 4 is 35.6 Å². The van der Waals surface area contributed by atoms with E-state index in [1.54, 1.807) is 58.2 Å². The van der Waals surface area contributed by atoms with Crippen LogP contribution in [0.25, 0.3) is 0 Å². The quantitative estimate of drug-likeness (QED) is 0.144. The number of nitrogens with zero attached hydrogens (tertiary/aromatic N) is 1. The second kappa shape index (κ2) is 18.9. The smallest absolute Gasteiger partial charge is 0.408 e. The molecule has 2 N–H and O–H groups in total. The number of carbonyl (C=O) groups is 4. The summed E-state index contributed by atoms with van der Waals surface area (Å²) in [6, 6.07) is 12.1. The number of amides is 3. The van der Waals surface area contributed by atoms with Gasteiger partial charge in [-0.05, 0) is 102 Å². The van der Waals surface area contributed by atoms with Crippen LogP contribution in [0, 0.1) is 13.8 Å². The number of hydrogen-bond donors (Lipinski definition) is 2. The molecule has 2 aromatic rings. The van der Waals surface area contributed by atoms with Gasteiger partial charge in [0.25, 0.3) is 0 Å². The van der Waals surface area contributed by atoms with Gasteiger partial charge in [-0.1, -0.05) is 68.3 Å². The van der Waals surface area contributed by atoms with Crippen LogP contribution in [0.2, 0.25) is 0 Å². The summed E-state index contributed by atoms with van der Waals surface area (Å²) in [7, 11) is 0. The summed E-state index contributed by atoms with van der Waals surface area (Å²) in [5.41, 5.74) is 1.80. The van der Waals surface area contributed by atoms with Crippen LogP contribution in [-0.2, 0) is 30.3 Å². The fraction of sp³-hybridized carbons (Fsp3) is 0.579. The first-order valence-corrected chi connectivity index (χ1v) is 18.3. The summed E-state index contributed by atoms with van der Waals surface area (Å²) in [5, 5.41) is 5.79. The van der Waals surface area contributed by atoms with Crippen LogP contribution in [0.15, 0.2) is 48.5 Å². The van der Waals surface area contributed by atoms with Gasteiger partial charge in [0.05, 0.1) is 0 Å². The molecule has 0 radical (unpaired) electrons. The lowest BCUT2D eigenvalue weighted by Crippen LogP contribution is -2.55. The van der Waals surface area contributed by atoms with Crippen molar-refractivity contribution in [3.05, 3.63) is 70.8 Å². The Morgan fingerprint density at radius 2 is 1.48 bits per heavy atom. The molecule has 0 spiro atoms. The fourth-order valence-corrected chi connectivity index (χ4v) is 5.70. The topological polar surface area (TPSA) is 114 Å². The van der Waals surface area contributed by atoms with Gasteiger partial charge < -0.3 is 25.0 Å². The predicted molar refractivity (Wildman–Crippen MR) is 194 cm³/mol. The number of hydrogen-bond acceptors (Lipinski definition) is 7. The van der Waals surface area contributed by atoms with Gasteiger partial charge in [0, 0.05) is 13.0 Å². The number of aryl methyl sites for hydroxylation is 1. The maximum Gasteiger partial charge on any atom is 0.408 e. The Hall–Kier alpha value is -3.53. The van der Waals surface area contributed by atoms with Gasteiger partial charge >= 0.3 is 12.1 Å². The largest absolute Gasteiger partial charge is 0.458 e. The fourth-order valence-electron chi connectivity index (χ4n) is 5.23. The highest BCUT2D eigenvalue weighted by Gasteiger charge is 2.38. The van der Waals surface area contributed by atoms with Crippen LogP contribution < -0.4 is 10.6 Å².